The smallest absolute Gasteiger partial charge is 0.147 e. The summed E-state index contributed by atoms with van der Waals surface area (Å²) >= 11 is 0. The number of ether oxygens (including phenoxy) is 2. The maximum absolute atomic E-state index is 5.39. The quantitative estimate of drug-likeness (QED) is 0.369. The Balaban J connectivity index is 1.87. The zero-order valence-corrected chi connectivity index (χ0v) is 10.2. The van der Waals surface area contributed by atoms with Crippen LogP contribution < -0.4 is 0 Å². The zero-order valence-electron chi connectivity index (χ0n) is 10.2. The van der Waals surface area contributed by atoms with Gasteiger partial charge >= 0.3 is 0 Å². The molecule has 0 saturated carbocycles. The lowest BCUT2D eigenvalue weighted by atomic mass is 10.2. The summed E-state index contributed by atoms with van der Waals surface area (Å²) in [4.78, 5) is 0. The summed E-state index contributed by atoms with van der Waals surface area (Å²) < 4.78 is 10.8. The van der Waals surface area contributed by atoms with Gasteiger partial charge in [0.25, 0.3) is 0 Å². The van der Waals surface area contributed by atoms with Gasteiger partial charge < -0.3 is 9.47 Å². The third kappa shape index (κ3) is 7.57. The highest BCUT2D eigenvalue weighted by atomic mass is 16.7. The lowest BCUT2D eigenvalue weighted by Gasteiger charge is -2.05. The van der Waals surface area contributed by atoms with E-state index in [0.717, 1.165) is 32.3 Å². The molecular weight excluding hydrogens is 212 g/mol. The molecule has 0 aliphatic heterocycles. The summed E-state index contributed by atoms with van der Waals surface area (Å²) in [6.07, 6.45) is 9.30. The minimum atomic E-state index is 0.365. The van der Waals surface area contributed by atoms with E-state index in [-0.39, 0.29) is 0 Å². The molecule has 0 N–H and O–H groups in total. The van der Waals surface area contributed by atoms with Crippen molar-refractivity contribution < 1.29 is 9.47 Å². The van der Waals surface area contributed by atoms with Crippen molar-refractivity contribution in [1.82, 2.24) is 0 Å². The van der Waals surface area contributed by atoms with Crippen LogP contribution in [0.1, 0.15) is 31.2 Å². The SMILES string of the molecule is C#CCCCCCOCOCc1ccccc1. The summed E-state index contributed by atoms with van der Waals surface area (Å²) in [5.41, 5.74) is 1.17. The number of rotatable bonds is 9. The molecule has 0 spiro atoms. The Hall–Kier alpha value is -1.30. The van der Waals surface area contributed by atoms with E-state index in [2.05, 4.69) is 5.92 Å². The van der Waals surface area contributed by atoms with Gasteiger partial charge in [-0.15, -0.1) is 12.3 Å². The van der Waals surface area contributed by atoms with Gasteiger partial charge in [-0.3, -0.25) is 0 Å². The van der Waals surface area contributed by atoms with Gasteiger partial charge in [-0.1, -0.05) is 36.8 Å². The van der Waals surface area contributed by atoms with Crippen molar-refractivity contribution in [2.45, 2.75) is 32.3 Å². The first-order valence-electron chi connectivity index (χ1n) is 6.06. The fourth-order valence-electron chi connectivity index (χ4n) is 1.46. The van der Waals surface area contributed by atoms with Crippen molar-refractivity contribution in [3.63, 3.8) is 0 Å². The minimum Gasteiger partial charge on any atom is -0.355 e. The highest BCUT2D eigenvalue weighted by Crippen LogP contribution is 2.01. The average molecular weight is 232 g/mol. The Bertz CT molecular complexity index is 313. The van der Waals surface area contributed by atoms with Gasteiger partial charge in [0.05, 0.1) is 6.61 Å². The third-order valence-corrected chi connectivity index (χ3v) is 2.39. The molecule has 0 bridgehead atoms. The van der Waals surface area contributed by atoms with Crippen LogP contribution in [-0.2, 0) is 16.1 Å². The Kier molecular flexibility index (Phi) is 8.01. The number of terminal acetylenes is 1. The van der Waals surface area contributed by atoms with Crippen molar-refractivity contribution in [1.29, 1.82) is 0 Å². The fraction of sp³-hybridized carbons (Fsp3) is 0.467. The molecule has 0 amide bonds. The predicted octanol–water partition coefficient (Wildman–Crippen LogP) is 3.37. The fourth-order valence-corrected chi connectivity index (χ4v) is 1.46. The lowest BCUT2D eigenvalue weighted by molar-refractivity contribution is -0.0623. The molecule has 17 heavy (non-hydrogen) atoms. The average Bonchev–Trinajstić information content (AvgIpc) is 2.38. The summed E-state index contributed by atoms with van der Waals surface area (Å²) in [5, 5.41) is 0. The Morgan fingerprint density at radius 2 is 1.82 bits per heavy atom. The van der Waals surface area contributed by atoms with Crippen LogP contribution in [0.4, 0.5) is 0 Å². The Labute approximate surface area is 104 Å². The minimum absolute atomic E-state index is 0.365. The van der Waals surface area contributed by atoms with Crippen LogP contribution >= 0.6 is 0 Å². The highest BCUT2D eigenvalue weighted by Gasteiger charge is 1.92. The van der Waals surface area contributed by atoms with Gasteiger partial charge in [0.1, 0.15) is 6.79 Å². The first kappa shape index (κ1) is 13.8. The molecule has 0 radical (unpaired) electrons. The third-order valence-electron chi connectivity index (χ3n) is 2.39. The van der Waals surface area contributed by atoms with Crippen LogP contribution in [0.5, 0.6) is 0 Å². The van der Waals surface area contributed by atoms with Gasteiger partial charge in [-0.05, 0) is 18.4 Å². The molecule has 0 heterocycles. The van der Waals surface area contributed by atoms with Crippen LogP contribution in [0.25, 0.3) is 0 Å². The Morgan fingerprint density at radius 3 is 2.59 bits per heavy atom. The molecule has 1 aromatic carbocycles. The number of hydrogen-bond donors (Lipinski definition) is 0. The molecule has 2 heteroatoms. The molecule has 0 atom stereocenters. The largest absolute Gasteiger partial charge is 0.355 e. The molecule has 1 aromatic rings. The molecule has 1 rings (SSSR count). The van der Waals surface area contributed by atoms with Crippen molar-refractivity contribution in [3.05, 3.63) is 35.9 Å². The zero-order chi connectivity index (χ0) is 12.2. The van der Waals surface area contributed by atoms with Gasteiger partial charge in [0.15, 0.2) is 0 Å². The molecule has 0 aromatic heterocycles. The lowest BCUT2D eigenvalue weighted by Crippen LogP contribution is -2.01. The predicted molar refractivity (Wildman–Crippen MR) is 69.4 cm³/mol. The monoisotopic (exact) mass is 232 g/mol. The summed E-state index contributed by atoms with van der Waals surface area (Å²) in [6.45, 7) is 1.72. The molecule has 0 fully saturated rings. The first-order valence-corrected chi connectivity index (χ1v) is 6.06. The van der Waals surface area contributed by atoms with Gasteiger partial charge in [0.2, 0.25) is 0 Å². The van der Waals surface area contributed by atoms with E-state index in [4.69, 9.17) is 15.9 Å². The van der Waals surface area contributed by atoms with E-state index >= 15 is 0 Å². The molecule has 92 valence electrons. The Morgan fingerprint density at radius 1 is 1.00 bits per heavy atom. The van der Waals surface area contributed by atoms with E-state index in [1.54, 1.807) is 0 Å². The number of benzene rings is 1. The maximum atomic E-state index is 5.39. The van der Waals surface area contributed by atoms with Crippen molar-refractivity contribution >= 4 is 0 Å². The van der Waals surface area contributed by atoms with Gasteiger partial charge in [-0.2, -0.15) is 0 Å². The van der Waals surface area contributed by atoms with Crippen LogP contribution in [0.3, 0.4) is 0 Å². The van der Waals surface area contributed by atoms with Crippen molar-refractivity contribution in [2.75, 3.05) is 13.4 Å². The first-order chi connectivity index (χ1) is 8.43. The van der Waals surface area contributed by atoms with Crippen LogP contribution in [-0.4, -0.2) is 13.4 Å². The summed E-state index contributed by atoms with van der Waals surface area (Å²) in [6, 6.07) is 10.1. The van der Waals surface area contributed by atoms with E-state index in [0.29, 0.717) is 13.4 Å². The second-order valence-electron chi connectivity index (χ2n) is 3.87. The summed E-state index contributed by atoms with van der Waals surface area (Å²) in [7, 11) is 0. The molecule has 0 unspecified atom stereocenters. The van der Waals surface area contributed by atoms with E-state index < -0.39 is 0 Å². The van der Waals surface area contributed by atoms with Crippen LogP contribution in [0.15, 0.2) is 30.3 Å². The van der Waals surface area contributed by atoms with E-state index in [9.17, 15) is 0 Å². The molecular formula is C15H20O2. The van der Waals surface area contributed by atoms with Crippen LogP contribution in [0, 0.1) is 12.3 Å². The maximum Gasteiger partial charge on any atom is 0.147 e. The molecule has 2 nitrogen and oxygen atoms in total. The summed E-state index contributed by atoms with van der Waals surface area (Å²) in [5.74, 6) is 2.63. The van der Waals surface area contributed by atoms with E-state index in [1.165, 1.54) is 5.56 Å². The van der Waals surface area contributed by atoms with Gasteiger partial charge in [0, 0.05) is 13.0 Å². The number of hydrogen-bond acceptors (Lipinski definition) is 2. The standard InChI is InChI=1S/C15H20O2/c1-2-3-4-5-9-12-16-14-17-13-15-10-7-6-8-11-15/h1,6-8,10-11H,3-5,9,12-14H2. The molecule has 0 aliphatic rings. The topological polar surface area (TPSA) is 18.5 Å². The molecule has 0 saturated heterocycles. The second-order valence-corrected chi connectivity index (χ2v) is 3.87. The normalized spacial score (nSPS) is 10.1. The van der Waals surface area contributed by atoms with Crippen molar-refractivity contribution in [3.8, 4) is 12.3 Å². The van der Waals surface area contributed by atoms with Crippen molar-refractivity contribution in [2.24, 2.45) is 0 Å². The molecule has 0 aliphatic carbocycles. The van der Waals surface area contributed by atoms with Crippen LogP contribution in [0.2, 0.25) is 0 Å². The van der Waals surface area contributed by atoms with Gasteiger partial charge in [-0.25, -0.2) is 0 Å². The number of unbranched alkanes of at least 4 members (excludes halogenated alkanes) is 3. The highest BCUT2D eigenvalue weighted by molar-refractivity contribution is 5.13. The second kappa shape index (κ2) is 9.89. The van der Waals surface area contributed by atoms with E-state index in [1.807, 2.05) is 30.3 Å².